The first-order valence-electron chi connectivity index (χ1n) is 16.9. The van der Waals surface area contributed by atoms with Crippen molar-refractivity contribution in [3.8, 4) is 59.0 Å². The van der Waals surface area contributed by atoms with Gasteiger partial charge in [0.2, 0.25) is 0 Å². The van der Waals surface area contributed by atoms with E-state index in [4.69, 9.17) is 43.8 Å². The quantitative estimate of drug-likeness (QED) is 0.165. The molecule has 5 nitrogen and oxygen atoms in total. The van der Waals surface area contributed by atoms with Gasteiger partial charge in [0.05, 0.1) is 17.5 Å². The van der Waals surface area contributed by atoms with E-state index in [-0.39, 0.29) is 5.78 Å². The minimum Gasteiger partial charge on any atom is -0.508 e. The first-order chi connectivity index (χ1) is 25.0. The number of hydrogen-bond acceptors (Lipinski definition) is 5. The average Bonchev–Trinajstić information content (AvgIpc) is 3.22. The number of carbonyl (C=O) groups is 1. The number of Topliss-reactive ketones (excluding diaryl/α,β-unsaturated/α-hetero) is 1. The van der Waals surface area contributed by atoms with Crippen molar-refractivity contribution in [3.05, 3.63) is 121 Å². The smallest absolute Gasteiger partial charge is 0.169 e. The fraction of sp³-hybridized carbons (Fsp3) is 0.295. The van der Waals surface area contributed by atoms with Gasteiger partial charge in [-0.1, -0.05) is 150 Å². The second-order valence-corrected chi connectivity index (χ2v) is 8.62. The number of aromatic hydroxyl groups is 1. The van der Waals surface area contributed by atoms with Gasteiger partial charge in [0, 0.05) is 11.8 Å². The van der Waals surface area contributed by atoms with Gasteiger partial charge in [-0.2, -0.15) is 0 Å². The summed E-state index contributed by atoms with van der Waals surface area (Å²) in [6, 6.07) is 35.0. The Bertz CT molecular complexity index is 1440. The molecular weight excluding hydrogens is 724 g/mol. The minimum atomic E-state index is 0.187. The van der Waals surface area contributed by atoms with Crippen molar-refractivity contribution >= 4 is 33.3 Å². The number of fused-ring (bicyclic) bond motifs is 1. The number of halogens is 2. The Balaban J connectivity index is -0.000000264. The highest BCUT2D eigenvalue weighted by Gasteiger charge is 2.16. The van der Waals surface area contributed by atoms with Crippen LogP contribution < -0.4 is 14.2 Å². The topological polar surface area (TPSA) is 65.0 Å². The summed E-state index contributed by atoms with van der Waals surface area (Å²) in [4.78, 5) is 11.2. The molecule has 51 heavy (non-hydrogen) atoms. The molecule has 0 amide bonds. The molecule has 0 aliphatic carbocycles. The molecule has 0 radical (unpaired) electrons. The van der Waals surface area contributed by atoms with Crippen molar-refractivity contribution in [3.63, 3.8) is 0 Å². The van der Waals surface area contributed by atoms with E-state index in [2.05, 4.69) is 39.1 Å². The fourth-order valence-corrected chi connectivity index (χ4v) is 3.00. The van der Waals surface area contributed by atoms with E-state index in [9.17, 15) is 4.79 Å². The molecule has 0 saturated heterocycles. The number of alkyl halides is 1. The van der Waals surface area contributed by atoms with Gasteiger partial charge in [-0.3, -0.25) is 4.79 Å². The normalized spacial score (nSPS) is 8.75. The number of ether oxygens (including phenoxy) is 3. The van der Waals surface area contributed by atoms with E-state index >= 15 is 0 Å². The number of benzene rings is 4. The summed E-state index contributed by atoms with van der Waals surface area (Å²) in [7, 11) is 0. The van der Waals surface area contributed by atoms with E-state index in [0.717, 1.165) is 22.8 Å². The molecule has 0 saturated carbocycles. The molecule has 4 aromatic rings. The molecule has 1 N–H and O–H groups in total. The van der Waals surface area contributed by atoms with Gasteiger partial charge in [0.15, 0.2) is 5.78 Å². The Morgan fingerprint density at radius 3 is 1.47 bits per heavy atom. The molecule has 0 spiro atoms. The maximum atomic E-state index is 11.2. The van der Waals surface area contributed by atoms with Gasteiger partial charge >= 0.3 is 0 Å². The van der Waals surface area contributed by atoms with Crippen LogP contribution in [0.3, 0.4) is 0 Å². The zero-order valence-corrected chi connectivity index (χ0v) is 33.8. The van der Waals surface area contributed by atoms with Crippen LogP contribution in [0.15, 0.2) is 115 Å². The van der Waals surface area contributed by atoms with Crippen LogP contribution in [0, 0.1) is 36.0 Å². The molecule has 0 unspecified atom stereocenters. The standard InChI is InChI=1S/C9H7ClO.C9H8O2.C9H8O.C6H6O.C3H3Br.4C2H6/c10-7-4-8-11-9-5-2-1-3-6-9;10-8-5-6-11-9-4-2-1-3-7(8)9;1-2-8-10-9-6-4-3-5-7-9;7-6-4-2-1-3-5-6;1-2-3-4;4*1-2/h1-3,5-6H,8H2;1-4H,5-6H2;1,3-7H,8H2;1-5,7H;1H,3H2;4*1-2H3. The summed E-state index contributed by atoms with van der Waals surface area (Å²) in [5.41, 5.74) is 0.721. The molecule has 0 atom stereocenters. The van der Waals surface area contributed by atoms with E-state index in [1.165, 1.54) is 0 Å². The van der Waals surface area contributed by atoms with Crippen LogP contribution in [-0.2, 0) is 0 Å². The van der Waals surface area contributed by atoms with Crippen molar-refractivity contribution < 1.29 is 24.1 Å². The van der Waals surface area contributed by atoms with Crippen LogP contribution in [0.5, 0.6) is 23.0 Å². The van der Waals surface area contributed by atoms with E-state index in [1.54, 1.807) is 30.3 Å². The zero-order valence-electron chi connectivity index (χ0n) is 31.5. The molecular formula is C44H56BrClO5. The number of phenolic OH excluding ortho intramolecular Hbond substituents is 1. The number of ketones is 1. The Morgan fingerprint density at radius 1 is 0.686 bits per heavy atom. The van der Waals surface area contributed by atoms with Crippen molar-refractivity contribution in [2.45, 2.75) is 61.8 Å². The van der Waals surface area contributed by atoms with Crippen LogP contribution in [0.2, 0.25) is 0 Å². The van der Waals surface area contributed by atoms with Gasteiger partial charge in [-0.05, 0) is 66.1 Å². The molecule has 1 heterocycles. The number of phenols is 1. The Labute approximate surface area is 322 Å². The molecule has 1 aliphatic rings. The van der Waals surface area contributed by atoms with Gasteiger partial charge in [-0.25, -0.2) is 0 Å². The number of carbonyl (C=O) groups excluding carboxylic acids is 1. The number of para-hydroxylation sites is 4. The van der Waals surface area contributed by atoms with E-state index in [0.29, 0.717) is 37.3 Å². The SMILES string of the molecule is C#CCBr.C#CCOc1ccccc1.CC.CC.CC.CC.ClC#CCOc1ccccc1.O=C1CCOc2ccccc21.Oc1ccccc1. The second-order valence-electron chi connectivity index (χ2n) is 7.87. The van der Waals surface area contributed by atoms with Crippen LogP contribution in [0.25, 0.3) is 0 Å². The molecule has 7 heteroatoms. The minimum absolute atomic E-state index is 0.187. The average molecular weight is 780 g/mol. The Morgan fingerprint density at radius 2 is 1.10 bits per heavy atom. The molecule has 0 aromatic heterocycles. The molecule has 4 aromatic carbocycles. The van der Waals surface area contributed by atoms with Crippen molar-refractivity contribution in [2.75, 3.05) is 25.2 Å². The summed E-state index contributed by atoms with van der Waals surface area (Å²) in [6.45, 7) is 17.2. The van der Waals surface area contributed by atoms with Crippen molar-refractivity contribution in [1.82, 2.24) is 0 Å². The van der Waals surface area contributed by atoms with Crippen molar-refractivity contribution in [1.29, 1.82) is 0 Å². The van der Waals surface area contributed by atoms with Gasteiger partial charge in [-0.15, -0.1) is 12.8 Å². The number of hydrogen-bond donors (Lipinski definition) is 1. The zero-order chi connectivity index (χ0) is 39.4. The molecule has 276 valence electrons. The summed E-state index contributed by atoms with van der Waals surface area (Å²) in [5, 5.41) is 11.5. The third kappa shape index (κ3) is 33.5. The van der Waals surface area contributed by atoms with Crippen LogP contribution >= 0.6 is 27.5 Å². The number of terminal acetylenes is 2. The maximum Gasteiger partial charge on any atom is 0.169 e. The Kier molecular flexibility index (Phi) is 47.0. The summed E-state index contributed by atoms with van der Waals surface area (Å²) in [5.74, 6) is 10.2. The summed E-state index contributed by atoms with van der Waals surface area (Å²) < 4.78 is 15.6. The first-order valence-corrected chi connectivity index (χ1v) is 18.4. The lowest BCUT2D eigenvalue weighted by atomic mass is 10.1. The lowest BCUT2D eigenvalue weighted by Crippen LogP contribution is -2.14. The van der Waals surface area contributed by atoms with Crippen LogP contribution in [0.4, 0.5) is 0 Å². The predicted octanol–water partition coefficient (Wildman–Crippen LogP) is 12.1. The fourth-order valence-electron chi connectivity index (χ4n) is 2.94. The summed E-state index contributed by atoms with van der Waals surface area (Å²) in [6.07, 6.45) is 10.2. The largest absolute Gasteiger partial charge is 0.508 e. The number of rotatable bonds is 4. The third-order valence-corrected chi connectivity index (χ3v) is 5.25. The summed E-state index contributed by atoms with van der Waals surface area (Å²) >= 11 is 8.14. The maximum absolute atomic E-state index is 11.2. The highest BCUT2D eigenvalue weighted by Crippen LogP contribution is 2.23. The van der Waals surface area contributed by atoms with Gasteiger partial charge in [0.25, 0.3) is 0 Å². The highest BCUT2D eigenvalue weighted by atomic mass is 79.9. The monoisotopic (exact) mass is 778 g/mol. The van der Waals surface area contributed by atoms with Crippen molar-refractivity contribution in [2.24, 2.45) is 0 Å². The van der Waals surface area contributed by atoms with E-state index in [1.807, 2.05) is 140 Å². The highest BCUT2D eigenvalue weighted by molar-refractivity contribution is 9.09. The van der Waals surface area contributed by atoms with Gasteiger partial charge in [0.1, 0.15) is 36.2 Å². The molecule has 0 fully saturated rings. The Hall–Kier alpha value is -4.80. The second kappa shape index (κ2) is 45.2. The van der Waals surface area contributed by atoms with Gasteiger partial charge < -0.3 is 19.3 Å². The third-order valence-electron chi connectivity index (χ3n) is 4.79. The predicted molar refractivity (Wildman–Crippen MR) is 223 cm³/mol. The molecule has 5 rings (SSSR count). The van der Waals surface area contributed by atoms with Crippen LogP contribution in [-0.4, -0.2) is 36.0 Å². The van der Waals surface area contributed by atoms with Crippen LogP contribution in [0.1, 0.15) is 72.2 Å². The lowest BCUT2D eigenvalue weighted by Gasteiger charge is -2.14. The molecule has 0 bridgehead atoms. The first kappa shape index (κ1) is 53.0. The lowest BCUT2D eigenvalue weighted by molar-refractivity contribution is 0.0933. The molecule has 1 aliphatic heterocycles. The van der Waals surface area contributed by atoms with E-state index < -0.39 is 0 Å².